The summed E-state index contributed by atoms with van der Waals surface area (Å²) < 4.78 is 14.6. The van der Waals surface area contributed by atoms with Crippen LogP contribution in [0, 0.1) is 0 Å². The van der Waals surface area contributed by atoms with Crippen LogP contribution in [0.15, 0.2) is 47.1 Å². The lowest BCUT2D eigenvalue weighted by Crippen LogP contribution is -2.39. The van der Waals surface area contributed by atoms with Crippen molar-refractivity contribution in [3.63, 3.8) is 0 Å². The first-order valence-electron chi connectivity index (χ1n) is 7.46. The number of rotatable bonds is 6. The summed E-state index contributed by atoms with van der Waals surface area (Å²) in [5.74, 6) is -0.773. The second kappa shape index (κ2) is 8.53. The summed E-state index contributed by atoms with van der Waals surface area (Å²) in [6, 6.07) is 10.3. The fraction of sp³-hybridized carbons (Fsp3) is 0.235. The number of esters is 1. The number of carbonyl (C=O) groups excluding carboxylic acids is 3. The minimum atomic E-state index is -1.16. The van der Waals surface area contributed by atoms with Gasteiger partial charge in [-0.25, -0.2) is 9.59 Å². The molecule has 0 radical (unpaired) electrons. The van der Waals surface area contributed by atoms with Gasteiger partial charge in [0.1, 0.15) is 5.76 Å². The molecule has 1 atom stereocenters. The van der Waals surface area contributed by atoms with Crippen LogP contribution in [0.5, 0.6) is 0 Å². The van der Waals surface area contributed by atoms with E-state index in [9.17, 15) is 14.4 Å². The molecular weight excluding hydrogens is 328 g/mol. The van der Waals surface area contributed by atoms with E-state index < -0.39 is 24.1 Å². The quantitative estimate of drug-likeness (QED) is 0.773. The highest BCUT2D eigenvalue weighted by molar-refractivity contribution is 5.99. The zero-order chi connectivity index (χ0) is 18.2. The highest BCUT2D eigenvalue weighted by Crippen LogP contribution is 2.18. The molecule has 0 saturated carbocycles. The Kier molecular flexibility index (Phi) is 6.16. The number of amides is 2. The Hall–Kier alpha value is -3.29. The zero-order valence-electron chi connectivity index (χ0n) is 13.8. The van der Waals surface area contributed by atoms with Crippen LogP contribution in [0.4, 0.5) is 10.5 Å². The third kappa shape index (κ3) is 5.10. The number of benzene rings is 1. The van der Waals surface area contributed by atoms with Gasteiger partial charge in [-0.3, -0.25) is 10.1 Å². The van der Waals surface area contributed by atoms with Gasteiger partial charge < -0.3 is 19.2 Å². The molecule has 2 aromatic rings. The van der Waals surface area contributed by atoms with Crippen molar-refractivity contribution in [1.82, 2.24) is 5.32 Å². The first-order chi connectivity index (χ1) is 12.0. The van der Waals surface area contributed by atoms with E-state index in [0.717, 1.165) is 7.11 Å². The van der Waals surface area contributed by atoms with E-state index in [1.165, 1.54) is 6.92 Å². The molecule has 0 saturated heterocycles. The number of imide groups is 1. The summed E-state index contributed by atoms with van der Waals surface area (Å²) in [4.78, 5) is 35.1. The number of hydrogen-bond acceptors (Lipinski definition) is 7. The predicted molar refractivity (Wildman–Crippen MR) is 87.9 cm³/mol. The van der Waals surface area contributed by atoms with Gasteiger partial charge in [-0.05, 0) is 31.2 Å². The lowest BCUT2D eigenvalue weighted by molar-refractivity contribution is -0.128. The summed E-state index contributed by atoms with van der Waals surface area (Å²) in [6.45, 7) is 1.74. The molecule has 1 aromatic carbocycles. The van der Waals surface area contributed by atoms with Crippen LogP contribution in [-0.2, 0) is 20.8 Å². The van der Waals surface area contributed by atoms with Crippen LogP contribution < -0.4 is 10.6 Å². The fourth-order valence-corrected chi connectivity index (χ4v) is 1.94. The third-order valence-electron chi connectivity index (χ3n) is 3.24. The van der Waals surface area contributed by atoms with Gasteiger partial charge in [0.05, 0.1) is 25.5 Å². The van der Waals surface area contributed by atoms with Crippen molar-refractivity contribution in [2.24, 2.45) is 0 Å². The molecule has 132 valence electrons. The average Bonchev–Trinajstić information content (AvgIpc) is 3.13. The van der Waals surface area contributed by atoms with E-state index in [2.05, 4.69) is 10.1 Å². The maximum Gasteiger partial charge on any atom is 0.413 e. The molecular formula is C17H18N2O6. The minimum Gasteiger partial charge on any atom is -0.467 e. The summed E-state index contributed by atoms with van der Waals surface area (Å²) in [5.41, 5.74) is 0.788. The molecule has 1 aromatic heterocycles. The van der Waals surface area contributed by atoms with Gasteiger partial charge in [0.25, 0.3) is 5.91 Å². The van der Waals surface area contributed by atoms with Crippen molar-refractivity contribution >= 4 is 23.7 Å². The molecule has 2 N–H and O–H groups in total. The summed E-state index contributed by atoms with van der Waals surface area (Å²) >= 11 is 0. The van der Waals surface area contributed by atoms with E-state index in [-0.39, 0.29) is 5.56 Å². The number of furan rings is 1. The van der Waals surface area contributed by atoms with Crippen LogP contribution in [0.1, 0.15) is 23.0 Å². The molecule has 25 heavy (non-hydrogen) atoms. The molecule has 0 aliphatic carbocycles. The van der Waals surface area contributed by atoms with Crippen LogP contribution in [-0.4, -0.2) is 31.2 Å². The Labute approximate surface area is 144 Å². The van der Waals surface area contributed by atoms with Gasteiger partial charge in [0.2, 0.25) is 0 Å². The van der Waals surface area contributed by atoms with Crippen molar-refractivity contribution in [3.8, 4) is 0 Å². The largest absolute Gasteiger partial charge is 0.467 e. The van der Waals surface area contributed by atoms with E-state index in [4.69, 9.17) is 9.15 Å². The second-order valence-electron chi connectivity index (χ2n) is 5.01. The van der Waals surface area contributed by atoms with Gasteiger partial charge >= 0.3 is 12.1 Å². The van der Waals surface area contributed by atoms with Crippen molar-refractivity contribution in [1.29, 1.82) is 0 Å². The second-order valence-corrected chi connectivity index (χ2v) is 5.01. The molecule has 1 heterocycles. The monoisotopic (exact) mass is 346 g/mol. The number of methoxy groups -OCH3 is 1. The normalized spacial score (nSPS) is 11.3. The van der Waals surface area contributed by atoms with Crippen LogP contribution >= 0.6 is 0 Å². The van der Waals surface area contributed by atoms with Crippen LogP contribution in [0.3, 0.4) is 0 Å². The molecule has 0 unspecified atom stereocenters. The smallest absolute Gasteiger partial charge is 0.413 e. The lowest BCUT2D eigenvalue weighted by atomic mass is 10.1. The Balaban J connectivity index is 2.01. The molecule has 0 fully saturated rings. The van der Waals surface area contributed by atoms with E-state index in [1.807, 2.05) is 5.32 Å². The topological polar surface area (TPSA) is 107 Å². The summed E-state index contributed by atoms with van der Waals surface area (Å²) in [5, 5.41) is 5.01. The summed E-state index contributed by atoms with van der Waals surface area (Å²) in [7, 11) is 1.13. The molecule has 8 nitrogen and oxygen atoms in total. The first-order valence-corrected chi connectivity index (χ1v) is 7.46. The molecule has 0 aliphatic rings. The highest BCUT2D eigenvalue weighted by Gasteiger charge is 2.22. The maximum atomic E-state index is 12.3. The third-order valence-corrected chi connectivity index (χ3v) is 3.24. The van der Waals surface area contributed by atoms with Crippen molar-refractivity contribution in [3.05, 3.63) is 54.0 Å². The van der Waals surface area contributed by atoms with Gasteiger partial charge in [0.15, 0.2) is 6.10 Å². The molecule has 2 amide bonds. The SMILES string of the molecule is COC(=O)NC(=O)[C@H](C)OC(=O)c1ccccc1NCc1ccco1. The van der Waals surface area contributed by atoms with Crippen molar-refractivity contribution in [2.45, 2.75) is 19.6 Å². The van der Waals surface area contributed by atoms with Crippen molar-refractivity contribution < 1.29 is 28.3 Å². The molecule has 0 spiro atoms. The molecule has 2 rings (SSSR count). The van der Waals surface area contributed by atoms with Crippen molar-refractivity contribution in [2.75, 3.05) is 12.4 Å². The minimum absolute atomic E-state index is 0.256. The number of para-hydroxylation sites is 1. The number of anilines is 1. The number of hydrogen-bond donors (Lipinski definition) is 2. The average molecular weight is 346 g/mol. The first kappa shape index (κ1) is 18.1. The van der Waals surface area contributed by atoms with E-state index >= 15 is 0 Å². The van der Waals surface area contributed by atoms with Gasteiger partial charge in [-0.1, -0.05) is 12.1 Å². The van der Waals surface area contributed by atoms with Gasteiger partial charge in [-0.15, -0.1) is 0 Å². The fourth-order valence-electron chi connectivity index (χ4n) is 1.94. The van der Waals surface area contributed by atoms with E-state index in [0.29, 0.717) is 18.0 Å². The predicted octanol–water partition coefficient (Wildman–Crippen LogP) is 2.32. The maximum absolute atomic E-state index is 12.3. The Morgan fingerprint density at radius 2 is 1.92 bits per heavy atom. The standard InChI is InChI=1S/C17H18N2O6/c1-11(15(20)19-17(22)23-2)25-16(21)13-7-3-4-8-14(13)18-10-12-6-5-9-24-12/h3-9,11,18H,10H2,1-2H3,(H,19,20,22)/t11-/m0/s1. The number of nitrogens with one attached hydrogen (secondary N) is 2. The van der Waals surface area contributed by atoms with Gasteiger partial charge in [-0.2, -0.15) is 0 Å². The molecule has 0 bridgehead atoms. The van der Waals surface area contributed by atoms with Crippen LogP contribution in [0.2, 0.25) is 0 Å². The molecule has 0 aliphatic heterocycles. The summed E-state index contributed by atoms with van der Waals surface area (Å²) in [6.07, 6.45) is -0.531. The Morgan fingerprint density at radius 3 is 2.60 bits per heavy atom. The van der Waals surface area contributed by atoms with Crippen LogP contribution in [0.25, 0.3) is 0 Å². The zero-order valence-corrected chi connectivity index (χ0v) is 13.8. The van der Waals surface area contributed by atoms with E-state index in [1.54, 1.807) is 42.7 Å². The number of carbonyl (C=O) groups is 3. The lowest BCUT2D eigenvalue weighted by Gasteiger charge is -2.14. The Bertz CT molecular complexity index is 741. The molecule has 8 heteroatoms. The highest BCUT2D eigenvalue weighted by atomic mass is 16.6. The number of alkyl carbamates (subject to hydrolysis) is 1. The number of ether oxygens (including phenoxy) is 2. The Morgan fingerprint density at radius 1 is 1.16 bits per heavy atom. The van der Waals surface area contributed by atoms with Gasteiger partial charge in [0, 0.05) is 5.69 Å².